The zero-order valence-corrected chi connectivity index (χ0v) is 11.0. The van der Waals surface area contributed by atoms with E-state index in [0.29, 0.717) is 11.4 Å². The normalized spacial score (nSPS) is 10.9. The Morgan fingerprint density at radius 3 is 3.06 bits per heavy atom. The van der Waals surface area contributed by atoms with E-state index in [-0.39, 0.29) is 0 Å². The van der Waals surface area contributed by atoms with Crippen molar-refractivity contribution in [1.29, 1.82) is 0 Å². The smallest absolute Gasteiger partial charge is 0.123 e. The highest BCUT2D eigenvalue weighted by Crippen LogP contribution is 2.26. The van der Waals surface area contributed by atoms with Crippen molar-refractivity contribution in [3.63, 3.8) is 0 Å². The van der Waals surface area contributed by atoms with Crippen molar-refractivity contribution < 1.29 is 0 Å². The number of nitrogens with zero attached hydrogens (tertiary/aromatic N) is 2. The zero-order valence-electron chi connectivity index (χ0n) is 9.38. The maximum absolute atomic E-state index is 5.58. The van der Waals surface area contributed by atoms with Gasteiger partial charge in [0.15, 0.2) is 0 Å². The van der Waals surface area contributed by atoms with Gasteiger partial charge < -0.3 is 5.73 Å². The molecule has 1 aromatic carbocycles. The monoisotopic (exact) mass is 274 g/mol. The first kappa shape index (κ1) is 11.3. The van der Waals surface area contributed by atoms with Gasteiger partial charge in [0.05, 0.1) is 10.5 Å². The first-order valence-electron chi connectivity index (χ1n) is 5.39. The number of aromatic nitrogens is 3. The molecule has 0 saturated carbocycles. The molecule has 3 rings (SSSR count). The summed E-state index contributed by atoms with van der Waals surface area (Å²) in [4.78, 5) is 4.76. The molecular formula is C12H10N4S2. The molecule has 0 spiro atoms. The first-order chi connectivity index (χ1) is 8.74. The van der Waals surface area contributed by atoms with E-state index in [1.807, 2.05) is 17.5 Å². The van der Waals surface area contributed by atoms with Crippen LogP contribution >= 0.6 is 23.6 Å². The zero-order chi connectivity index (χ0) is 12.5. The summed E-state index contributed by atoms with van der Waals surface area (Å²) in [5.41, 5.74) is 8.54. The fourth-order valence-electron chi connectivity index (χ4n) is 1.87. The van der Waals surface area contributed by atoms with Gasteiger partial charge in [0.25, 0.3) is 0 Å². The van der Waals surface area contributed by atoms with E-state index < -0.39 is 0 Å². The molecule has 0 aliphatic carbocycles. The lowest BCUT2D eigenvalue weighted by molar-refractivity contribution is 1.04. The maximum atomic E-state index is 5.58. The molecule has 4 nitrogen and oxygen atoms in total. The van der Waals surface area contributed by atoms with Crippen molar-refractivity contribution in [3.05, 3.63) is 35.5 Å². The molecule has 0 fully saturated rings. The van der Waals surface area contributed by atoms with Gasteiger partial charge in [0.1, 0.15) is 5.01 Å². The van der Waals surface area contributed by atoms with E-state index in [2.05, 4.69) is 21.2 Å². The molecule has 0 saturated heterocycles. The summed E-state index contributed by atoms with van der Waals surface area (Å²) >= 11 is 6.55. The van der Waals surface area contributed by atoms with Gasteiger partial charge in [-0.15, -0.1) is 11.3 Å². The van der Waals surface area contributed by atoms with Crippen LogP contribution in [0.2, 0.25) is 0 Å². The van der Waals surface area contributed by atoms with Crippen LogP contribution in [-0.4, -0.2) is 20.2 Å². The minimum Gasteiger partial charge on any atom is -0.393 e. The number of aromatic amines is 1. The summed E-state index contributed by atoms with van der Waals surface area (Å²) in [5, 5.41) is 11.2. The molecule has 0 atom stereocenters. The third-order valence-electron chi connectivity index (χ3n) is 2.66. The van der Waals surface area contributed by atoms with Crippen LogP contribution in [-0.2, 0) is 6.42 Å². The number of thiazole rings is 1. The van der Waals surface area contributed by atoms with Crippen LogP contribution in [0.25, 0.3) is 21.5 Å². The van der Waals surface area contributed by atoms with Crippen molar-refractivity contribution in [2.75, 3.05) is 0 Å². The molecule has 2 heterocycles. The van der Waals surface area contributed by atoms with Crippen LogP contribution in [0.3, 0.4) is 0 Å². The van der Waals surface area contributed by atoms with Gasteiger partial charge in [-0.25, -0.2) is 4.98 Å². The van der Waals surface area contributed by atoms with Gasteiger partial charge >= 0.3 is 0 Å². The lowest BCUT2D eigenvalue weighted by atomic mass is 10.1. The second kappa shape index (κ2) is 4.47. The van der Waals surface area contributed by atoms with Crippen LogP contribution in [0, 0.1) is 0 Å². The molecule has 0 aliphatic heterocycles. The van der Waals surface area contributed by atoms with Gasteiger partial charge in [0, 0.05) is 34.6 Å². The predicted octanol–water partition coefficient (Wildman–Crippen LogP) is 2.52. The molecule has 0 radical (unpaired) electrons. The molecule has 0 amide bonds. The second-order valence-electron chi connectivity index (χ2n) is 3.91. The highest BCUT2D eigenvalue weighted by atomic mass is 32.1. The molecular weight excluding hydrogens is 264 g/mol. The molecule has 3 N–H and O–H groups in total. The van der Waals surface area contributed by atoms with Crippen molar-refractivity contribution >= 4 is 39.4 Å². The molecule has 90 valence electrons. The maximum Gasteiger partial charge on any atom is 0.123 e. The van der Waals surface area contributed by atoms with E-state index in [0.717, 1.165) is 27.2 Å². The molecule has 0 bridgehead atoms. The van der Waals surface area contributed by atoms with Crippen molar-refractivity contribution in [2.24, 2.45) is 5.73 Å². The average Bonchev–Trinajstić information content (AvgIpc) is 2.98. The van der Waals surface area contributed by atoms with E-state index in [9.17, 15) is 0 Å². The quantitative estimate of drug-likeness (QED) is 0.720. The number of H-pyrrole nitrogens is 1. The molecule has 18 heavy (non-hydrogen) atoms. The Bertz CT molecular complexity index is 700. The van der Waals surface area contributed by atoms with Gasteiger partial charge in [-0.05, 0) is 18.2 Å². The van der Waals surface area contributed by atoms with E-state index in [1.54, 1.807) is 17.5 Å². The van der Waals surface area contributed by atoms with E-state index >= 15 is 0 Å². The van der Waals surface area contributed by atoms with Crippen molar-refractivity contribution in [3.8, 4) is 10.6 Å². The summed E-state index contributed by atoms with van der Waals surface area (Å²) in [5.74, 6) is 0. The number of hydrogen-bond donors (Lipinski definition) is 2. The van der Waals surface area contributed by atoms with E-state index in [1.165, 1.54) is 0 Å². The molecule has 0 aliphatic rings. The summed E-state index contributed by atoms with van der Waals surface area (Å²) < 4.78 is 0. The van der Waals surface area contributed by atoms with Crippen molar-refractivity contribution in [2.45, 2.75) is 6.42 Å². The Labute approximate surface area is 113 Å². The minimum atomic E-state index is 0.459. The lowest BCUT2D eigenvalue weighted by Crippen LogP contribution is -2.11. The summed E-state index contributed by atoms with van der Waals surface area (Å²) in [6.45, 7) is 0. The third-order valence-corrected chi connectivity index (χ3v) is 3.63. The minimum absolute atomic E-state index is 0.459. The fourth-order valence-corrected chi connectivity index (χ4v) is 2.65. The van der Waals surface area contributed by atoms with Crippen LogP contribution in [0.4, 0.5) is 0 Å². The molecule has 3 aromatic rings. The van der Waals surface area contributed by atoms with Crippen LogP contribution < -0.4 is 5.73 Å². The van der Waals surface area contributed by atoms with Gasteiger partial charge in [0.2, 0.25) is 0 Å². The number of hydrogen-bond acceptors (Lipinski definition) is 4. The Balaban J connectivity index is 2.12. The average molecular weight is 274 g/mol. The highest BCUT2D eigenvalue weighted by molar-refractivity contribution is 7.80. The SMILES string of the molecule is NC(=S)Cc1[nH]nc2ccc(-c3nccs3)cc12. The van der Waals surface area contributed by atoms with Gasteiger partial charge in [-0.3, -0.25) is 5.10 Å². The number of rotatable bonds is 3. The predicted molar refractivity (Wildman–Crippen MR) is 77.7 cm³/mol. The Hall–Kier alpha value is -1.79. The Kier molecular flexibility index (Phi) is 2.81. The number of thiocarbonyl (C=S) groups is 1. The first-order valence-corrected chi connectivity index (χ1v) is 6.68. The number of benzene rings is 1. The Morgan fingerprint density at radius 1 is 1.44 bits per heavy atom. The number of fused-ring (bicyclic) bond motifs is 1. The molecule has 2 aromatic heterocycles. The number of nitrogens with one attached hydrogen (secondary N) is 1. The summed E-state index contributed by atoms with van der Waals surface area (Å²) in [7, 11) is 0. The number of nitrogens with two attached hydrogens (primary N) is 1. The van der Waals surface area contributed by atoms with Gasteiger partial charge in [-0.2, -0.15) is 5.10 Å². The largest absolute Gasteiger partial charge is 0.393 e. The fraction of sp³-hybridized carbons (Fsp3) is 0.0833. The highest BCUT2D eigenvalue weighted by Gasteiger charge is 2.09. The second-order valence-corrected chi connectivity index (χ2v) is 5.33. The van der Waals surface area contributed by atoms with Crippen LogP contribution in [0.15, 0.2) is 29.8 Å². The van der Waals surface area contributed by atoms with Crippen LogP contribution in [0.5, 0.6) is 0 Å². The summed E-state index contributed by atoms with van der Waals surface area (Å²) in [6.07, 6.45) is 2.34. The topological polar surface area (TPSA) is 67.6 Å². The Morgan fingerprint density at radius 2 is 2.33 bits per heavy atom. The van der Waals surface area contributed by atoms with Crippen molar-refractivity contribution in [1.82, 2.24) is 15.2 Å². The van der Waals surface area contributed by atoms with Gasteiger partial charge in [-0.1, -0.05) is 12.2 Å². The third kappa shape index (κ3) is 2.00. The standard InChI is InChI=1S/C12H10N4S2/c13-11(17)6-10-8-5-7(12-14-3-4-18-12)1-2-9(8)15-16-10/h1-5H,6H2,(H2,13,17)(H,15,16). The molecule has 0 unspecified atom stereocenters. The molecule has 6 heteroatoms. The summed E-state index contributed by atoms with van der Waals surface area (Å²) in [6, 6.07) is 6.07. The lowest BCUT2D eigenvalue weighted by Gasteiger charge is -1.99. The van der Waals surface area contributed by atoms with E-state index in [4.69, 9.17) is 18.0 Å². The van der Waals surface area contributed by atoms with Crippen LogP contribution in [0.1, 0.15) is 5.69 Å².